The normalized spacial score (nSPS) is 32.1. The molecule has 3 rings (SSSR count). The summed E-state index contributed by atoms with van der Waals surface area (Å²) in [6.07, 6.45) is 8.30. The number of hydrogen-bond acceptors (Lipinski definition) is 2. The molecule has 1 saturated heterocycles. The number of hydrogen-bond donors (Lipinski definition) is 1. The molecule has 2 heteroatoms. The highest BCUT2D eigenvalue weighted by molar-refractivity contribution is 7.99. The molecule has 1 saturated carbocycles. The van der Waals surface area contributed by atoms with E-state index in [1.54, 1.807) is 5.56 Å². The average molecular weight is 275 g/mol. The summed E-state index contributed by atoms with van der Waals surface area (Å²) >= 11 is 2.13. The zero-order chi connectivity index (χ0) is 12.9. The highest BCUT2D eigenvalue weighted by Gasteiger charge is 2.28. The first-order valence-corrected chi connectivity index (χ1v) is 8.98. The largest absolute Gasteiger partial charge is 0.310 e. The highest BCUT2D eigenvalue weighted by Crippen LogP contribution is 2.34. The van der Waals surface area contributed by atoms with Crippen LogP contribution in [-0.4, -0.2) is 23.6 Å². The van der Waals surface area contributed by atoms with Gasteiger partial charge in [-0.25, -0.2) is 0 Å². The van der Waals surface area contributed by atoms with Crippen molar-refractivity contribution < 1.29 is 0 Å². The number of benzene rings is 1. The molecule has 1 N–H and O–H groups in total. The van der Waals surface area contributed by atoms with Crippen molar-refractivity contribution in [3.8, 4) is 0 Å². The topological polar surface area (TPSA) is 12.0 Å². The van der Waals surface area contributed by atoms with Crippen molar-refractivity contribution in [1.82, 2.24) is 5.32 Å². The number of nitrogens with one attached hydrogen (secondary N) is 1. The minimum Gasteiger partial charge on any atom is -0.310 e. The van der Waals surface area contributed by atoms with Crippen LogP contribution in [0.4, 0.5) is 0 Å². The molecule has 1 aromatic carbocycles. The van der Waals surface area contributed by atoms with Crippen LogP contribution in [0.5, 0.6) is 0 Å². The lowest BCUT2D eigenvalue weighted by atomic mass is 9.79. The molecule has 1 heterocycles. The molecule has 2 fully saturated rings. The Kier molecular flexibility index (Phi) is 4.84. The third-order valence-electron chi connectivity index (χ3n) is 4.60. The molecule has 0 spiro atoms. The number of thioether (sulfide) groups is 1. The van der Waals surface area contributed by atoms with E-state index in [0.29, 0.717) is 6.04 Å². The third-order valence-corrected chi connectivity index (χ3v) is 5.82. The van der Waals surface area contributed by atoms with Crippen LogP contribution in [0.1, 0.15) is 50.0 Å². The van der Waals surface area contributed by atoms with Gasteiger partial charge in [0.05, 0.1) is 0 Å². The van der Waals surface area contributed by atoms with Crippen molar-refractivity contribution in [3.63, 3.8) is 0 Å². The fourth-order valence-corrected chi connectivity index (χ4v) is 4.69. The van der Waals surface area contributed by atoms with Crippen LogP contribution in [-0.2, 0) is 0 Å². The fourth-order valence-electron chi connectivity index (χ4n) is 3.60. The summed E-state index contributed by atoms with van der Waals surface area (Å²) < 4.78 is 0. The zero-order valence-corrected chi connectivity index (χ0v) is 12.5. The minimum atomic E-state index is 0.708. The van der Waals surface area contributed by atoms with E-state index in [2.05, 4.69) is 47.4 Å². The Morgan fingerprint density at radius 2 is 1.79 bits per heavy atom. The van der Waals surface area contributed by atoms with Crippen LogP contribution in [0.25, 0.3) is 0 Å². The summed E-state index contributed by atoms with van der Waals surface area (Å²) in [6, 6.07) is 12.6. The van der Waals surface area contributed by atoms with Crippen LogP contribution in [0.3, 0.4) is 0 Å². The maximum atomic E-state index is 3.99. The van der Waals surface area contributed by atoms with Gasteiger partial charge in [-0.05, 0) is 42.9 Å². The van der Waals surface area contributed by atoms with Gasteiger partial charge in [0.1, 0.15) is 0 Å². The van der Waals surface area contributed by atoms with Crippen molar-refractivity contribution in [2.24, 2.45) is 0 Å². The van der Waals surface area contributed by atoms with Gasteiger partial charge in [-0.1, -0.05) is 43.2 Å². The van der Waals surface area contributed by atoms with E-state index in [4.69, 9.17) is 0 Å². The van der Waals surface area contributed by atoms with E-state index < -0.39 is 0 Å². The van der Waals surface area contributed by atoms with Crippen molar-refractivity contribution >= 4 is 11.8 Å². The summed E-state index contributed by atoms with van der Waals surface area (Å²) in [6.45, 7) is 0. The summed E-state index contributed by atoms with van der Waals surface area (Å²) in [7, 11) is 0. The highest BCUT2D eigenvalue weighted by atomic mass is 32.2. The summed E-state index contributed by atoms with van der Waals surface area (Å²) in [5, 5.41) is 3.99. The van der Waals surface area contributed by atoms with Gasteiger partial charge in [0.15, 0.2) is 0 Å². The van der Waals surface area contributed by atoms with Crippen molar-refractivity contribution in [3.05, 3.63) is 35.9 Å². The molecule has 0 bridgehead atoms. The molecule has 2 aliphatic rings. The summed E-state index contributed by atoms with van der Waals surface area (Å²) in [4.78, 5) is 0. The van der Waals surface area contributed by atoms with Gasteiger partial charge >= 0.3 is 0 Å². The van der Waals surface area contributed by atoms with E-state index in [1.165, 1.54) is 50.0 Å². The molecule has 19 heavy (non-hydrogen) atoms. The zero-order valence-electron chi connectivity index (χ0n) is 11.7. The minimum absolute atomic E-state index is 0.708. The Labute approximate surface area is 121 Å². The Bertz CT molecular complexity index is 372. The standard InChI is InChI=1S/C17H25NS/c1-2-7-14(8-3-1)16-10-4-5-11-17(16)18-15-9-6-12-19-13-15/h1-3,7-8,15-18H,4-6,9-13H2. The third kappa shape index (κ3) is 3.55. The van der Waals surface area contributed by atoms with Crippen molar-refractivity contribution in [1.29, 1.82) is 0 Å². The Balaban J connectivity index is 1.66. The van der Waals surface area contributed by atoms with Crippen LogP contribution < -0.4 is 5.32 Å². The molecule has 1 aromatic rings. The van der Waals surface area contributed by atoms with Gasteiger partial charge in [0.2, 0.25) is 0 Å². The first-order chi connectivity index (χ1) is 9.43. The molecule has 0 amide bonds. The molecular formula is C17H25NS. The van der Waals surface area contributed by atoms with E-state index in [0.717, 1.165) is 12.0 Å². The number of rotatable bonds is 3. The SMILES string of the molecule is c1ccc(C2CCCCC2NC2CCCSC2)cc1. The van der Waals surface area contributed by atoms with E-state index in [9.17, 15) is 0 Å². The van der Waals surface area contributed by atoms with Gasteiger partial charge < -0.3 is 5.32 Å². The van der Waals surface area contributed by atoms with Crippen LogP contribution in [0, 0.1) is 0 Å². The first-order valence-electron chi connectivity index (χ1n) is 7.82. The quantitative estimate of drug-likeness (QED) is 0.887. The van der Waals surface area contributed by atoms with E-state index in [1.807, 2.05) is 0 Å². The smallest absolute Gasteiger partial charge is 0.0161 e. The van der Waals surface area contributed by atoms with E-state index >= 15 is 0 Å². The summed E-state index contributed by atoms with van der Waals surface area (Å²) in [5.74, 6) is 3.42. The maximum Gasteiger partial charge on any atom is 0.0161 e. The van der Waals surface area contributed by atoms with Crippen molar-refractivity contribution in [2.45, 2.75) is 56.5 Å². The van der Waals surface area contributed by atoms with Gasteiger partial charge in [0.25, 0.3) is 0 Å². The van der Waals surface area contributed by atoms with E-state index in [-0.39, 0.29) is 0 Å². The predicted octanol–water partition coefficient (Wildman–Crippen LogP) is 4.20. The molecule has 0 aromatic heterocycles. The Hall–Kier alpha value is -0.470. The van der Waals surface area contributed by atoms with Gasteiger partial charge in [-0.2, -0.15) is 11.8 Å². The van der Waals surface area contributed by atoms with Crippen molar-refractivity contribution in [2.75, 3.05) is 11.5 Å². The molecule has 0 radical (unpaired) electrons. The average Bonchev–Trinajstić information content (AvgIpc) is 2.50. The molecule has 104 valence electrons. The lowest BCUT2D eigenvalue weighted by Gasteiger charge is -2.36. The fraction of sp³-hybridized carbons (Fsp3) is 0.647. The van der Waals surface area contributed by atoms with Gasteiger partial charge in [0, 0.05) is 17.8 Å². The monoisotopic (exact) mass is 275 g/mol. The van der Waals surface area contributed by atoms with Crippen LogP contribution in [0.2, 0.25) is 0 Å². The predicted molar refractivity (Wildman–Crippen MR) is 84.9 cm³/mol. The second-order valence-electron chi connectivity index (χ2n) is 5.99. The first kappa shape index (κ1) is 13.5. The Morgan fingerprint density at radius 1 is 0.947 bits per heavy atom. The van der Waals surface area contributed by atoms with Gasteiger partial charge in [-0.15, -0.1) is 0 Å². The van der Waals surface area contributed by atoms with Crippen LogP contribution in [0.15, 0.2) is 30.3 Å². The second-order valence-corrected chi connectivity index (χ2v) is 7.14. The molecule has 1 aliphatic carbocycles. The van der Waals surface area contributed by atoms with Crippen LogP contribution >= 0.6 is 11.8 Å². The molecule has 3 unspecified atom stereocenters. The molecule has 1 aliphatic heterocycles. The van der Waals surface area contributed by atoms with Gasteiger partial charge in [-0.3, -0.25) is 0 Å². The molecule has 3 atom stereocenters. The maximum absolute atomic E-state index is 3.99. The lowest BCUT2D eigenvalue weighted by molar-refractivity contribution is 0.299. The lowest BCUT2D eigenvalue weighted by Crippen LogP contribution is -2.45. The molecular weight excluding hydrogens is 250 g/mol. The Morgan fingerprint density at radius 3 is 2.58 bits per heavy atom. The second kappa shape index (κ2) is 6.81. The molecule has 1 nitrogen and oxygen atoms in total. The summed E-state index contributed by atoms with van der Waals surface area (Å²) in [5.41, 5.74) is 1.54.